The van der Waals surface area contributed by atoms with E-state index in [-0.39, 0.29) is 30.5 Å². The summed E-state index contributed by atoms with van der Waals surface area (Å²) in [5, 5.41) is 9.42. The molecule has 9 heteroatoms. The molecule has 1 aromatic heterocycles. The molecule has 2 aromatic rings. The first kappa shape index (κ1) is 19.1. The normalized spacial score (nSPS) is 18.4. The molecule has 150 valence electrons. The molecular formula is C19H23N3O5S. The molecule has 0 unspecified atom stereocenters. The SMILES string of the molecule is Cc1nc2ccc(S(=O)(=O)N3CC4=C(CN(C(=O)C(C)(C)CO)C4)C3)cc2o1. The molecule has 1 N–H and O–H groups in total. The number of rotatable bonds is 4. The highest BCUT2D eigenvalue weighted by Gasteiger charge is 2.40. The molecule has 0 saturated heterocycles. The third-order valence-electron chi connectivity index (χ3n) is 5.36. The lowest BCUT2D eigenvalue weighted by Crippen LogP contribution is -2.43. The van der Waals surface area contributed by atoms with Crippen molar-refractivity contribution < 1.29 is 22.7 Å². The van der Waals surface area contributed by atoms with Crippen molar-refractivity contribution in [3.05, 3.63) is 35.2 Å². The standard InChI is InChI=1S/C19H23N3O5S/c1-12-20-16-5-4-15(6-17(16)27-12)28(25,26)22-9-13-7-21(8-14(13)10-22)18(24)19(2,3)11-23/h4-6,23H,7-11H2,1-3H3. The highest BCUT2D eigenvalue weighted by atomic mass is 32.2. The predicted molar refractivity (Wildman–Crippen MR) is 102 cm³/mol. The van der Waals surface area contributed by atoms with Gasteiger partial charge in [0.2, 0.25) is 15.9 Å². The van der Waals surface area contributed by atoms with Crippen LogP contribution in [0.3, 0.4) is 0 Å². The van der Waals surface area contributed by atoms with E-state index >= 15 is 0 Å². The van der Waals surface area contributed by atoms with Gasteiger partial charge in [-0.05, 0) is 37.1 Å². The Balaban J connectivity index is 1.50. The fourth-order valence-electron chi connectivity index (χ4n) is 3.68. The Morgan fingerprint density at radius 1 is 1.21 bits per heavy atom. The van der Waals surface area contributed by atoms with Crippen LogP contribution in [0.1, 0.15) is 19.7 Å². The largest absolute Gasteiger partial charge is 0.441 e. The van der Waals surface area contributed by atoms with Crippen LogP contribution in [0, 0.1) is 12.3 Å². The van der Waals surface area contributed by atoms with Crippen LogP contribution in [0.25, 0.3) is 11.1 Å². The number of hydrogen-bond acceptors (Lipinski definition) is 6. The molecule has 28 heavy (non-hydrogen) atoms. The van der Waals surface area contributed by atoms with Crippen molar-refractivity contribution >= 4 is 27.0 Å². The lowest BCUT2D eigenvalue weighted by molar-refractivity contribution is -0.141. The maximum absolute atomic E-state index is 13.1. The van der Waals surface area contributed by atoms with E-state index in [2.05, 4.69) is 4.98 Å². The van der Waals surface area contributed by atoms with Crippen LogP contribution in [0.15, 0.2) is 38.7 Å². The Bertz CT molecular complexity index is 1080. The van der Waals surface area contributed by atoms with E-state index in [4.69, 9.17) is 4.42 Å². The summed E-state index contributed by atoms with van der Waals surface area (Å²) in [5.74, 6) is 0.367. The molecule has 3 heterocycles. The second-order valence-electron chi connectivity index (χ2n) is 8.05. The smallest absolute Gasteiger partial charge is 0.243 e. The van der Waals surface area contributed by atoms with Crippen molar-refractivity contribution in [3.8, 4) is 0 Å². The summed E-state index contributed by atoms with van der Waals surface area (Å²) >= 11 is 0. The molecule has 0 aliphatic carbocycles. The average molecular weight is 405 g/mol. The monoisotopic (exact) mass is 405 g/mol. The molecule has 8 nitrogen and oxygen atoms in total. The van der Waals surface area contributed by atoms with Gasteiger partial charge in [-0.15, -0.1) is 0 Å². The van der Waals surface area contributed by atoms with Gasteiger partial charge in [-0.2, -0.15) is 4.31 Å². The van der Waals surface area contributed by atoms with E-state index < -0.39 is 15.4 Å². The minimum Gasteiger partial charge on any atom is -0.441 e. The first-order chi connectivity index (χ1) is 13.1. The number of aromatic nitrogens is 1. The van der Waals surface area contributed by atoms with E-state index in [1.807, 2.05) is 0 Å². The molecule has 4 rings (SSSR count). The zero-order chi connectivity index (χ0) is 20.3. The summed E-state index contributed by atoms with van der Waals surface area (Å²) < 4.78 is 33.0. The maximum Gasteiger partial charge on any atom is 0.243 e. The van der Waals surface area contributed by atoms with Gasteiger partial charge in [0.15, 0.2) is 11.5 Å². The third kappa shape index (κ3) is 3.03. The third-order valence-corrected chi connectivity index (χ3v) is 7.15. The summed E-state index contributed by atoms with van der Waals surface area (Å²) in [6.07, 6.45) is 0. The molecule has 0 radical (unpaired) electrons. The Kier molecular flexibility index (Phi) is 4.36. The Labute approximate surface area is 163 Å². The minimum absolute atomic E-state index is 0.120. The van der Waals surface area contributed by atoms with E-state index in [0.29, 0.717) is 30.1 Å². The van der Waals surface area contributed by atoms with E-state index in [0.717, 1.165) is 11.1 Å². The molecule has 1 aromatic carbocycles. The second-order valence-corrected chi connectivity index (χ2v) is 9.98. The highest BCUT2D eigenvalue weighted by molar-refractivity contribution is 7.89. The number of nitrogens with zero attached hydrogens (tertiary/aromatic N) is 3. The van der Waals surface area contributed by atoms with E-state index in [1.165, 1.54) is 10.4 Å². The van der Waals surface area contributed by atoms with E-state index in [9.17, 15) is 18.3 Å². The highest BCUT2D eigenvalue weighted by Crippen LogP contribution is 2.32. The fourth-order valence-corrected chi connectivity index (χ4v) is 5.13. The van der Waals surface area contributed by atoms with Crippen LogP contribution >= 0.6 is 0 Å². The number of fused-ring (bicyclic) bond motifs is 1. The lowest BCUT2D eigenvalue weighted by Gasteiger charge is -2.29. The van der Waals surface area contributed by atoms with Crippen molar-refractivity contribution in [3.63, 3.8) is 0 Å². The second kappa shape index (κ2) is 6.40. The number of aliphatic hydroxyl groups is 1. The van der Waals surface area contributed by atoms with Gasteiger partial charge in [-0.3, -0.25) is 4.79 Å². The number of amides is 1. The van der Waals surface area contributed by atoms with Gasteiger partial charge in [0.1, 0.15) is 5.52 Å². The van der Waals surface area contributed by atoms with Crippen LogP contribution in [-0.4, -0.2) is 66.4 Å². The zero-order valence-corrected chi connectivity index (χ0v) is 16.9. The molecule has 0 bridgehead atoms. The quantitative estimate of drug-likeness (QED) is 0.769. The predicted octanol–water partition coefficient (Wildman–Crippen LogP) is 1.30. The van der Waals surface area contributed by atoms with Gasteiger partial charge < -0.3 is 14.4 Å². The molecule has 2 aliphatic rings. The van der Waals surface area contributed by atoms with Crippen molar-refractivity contribution in [2.75, 3.05) is 32.8 Å². The first-order valence-electron chi connectivity index (χ1n) is 9.09. The number of hydrogen-bond donors (Lipinski definition) is 1. The fraction of sp³-hybridized carbons (Fsp3) is 0.474. The topological polar surface area (TPSA) is 104 Å². The van der Waals surface area contributed by atoms with Crippen LogP contribution in [0.5, 0.6) is 0 Å². The molecule has 2 aliphatic heterocycles. The van der Waals surface area contributed by atoms with Crippen LogP contribution in [0.2, 0.25) is 0 Å². The number of oxazole rings is 1. The van der Waals surface area contributed by atoms with Gasteiger partial charge in [-0.1, -0.05) is 0 Å². The molecule has 1 amide bonds. The van der Waals surface area contributed by atoms with Gasteiger partial charge in [0, 0.05) is 39.2 Å². The van der Waals surface area contributed by atoms with Gasteiger partial charge in [0.25, 0.3) is 0 Å². The summed E-state index contributed by atoms with van der Waals surface area (Å²) in [6, 6.07) is 4.70. The van der Waals surface area contributed by atoms with Crippen molar-refractivity contribution in [2.24, 2.45) is 5.41 Å². The van der Waals surface area contributed by atoms with Crippen LogP contribution < -0.4 is 0 Å². The summed E-state index contributed by atoms with van der Waals surface area (Å²) in [5.41, 5.74) is 2.15. The van der Waals surface area contributed by atoms with Gasteiger partial charge >= 0.3 is 0 Å². The molecule has 0 atom stereocenters. The number of benzene rings is 1. The number of aryl methyl sites for hydroxylation is 1. The maximum atomic E-state index is 13.1. The number of carbonyl (C=O) groups is 1. The summed E-state index contributed by atoms with van der Waals surface area (Å²) in [4.78, 5) is 18.6. The van der Waals surface area contributed by atoms with Gasteiger partial charge in [-0.25, -0.2) is 13.4 Å². The van der Waals surface area contributed by atoms with Crippen molar-refractivity contribution in [2.45, 2.75) is 25.7 Å². The molecule has 0 fully saturated rings. The summed E-state index contributed by atoms with van der Waals surface area (Å²) in [7, 11) is -3.67. The zero-order valence-electron chi connectivity index (χ0n) is 16.1. The van der Waals surface area contributed by atoms with Crippen LogP contribution in [-0.2, 0) is 14.8 Å². The first-order valence-corrected chi connectivity index (χ1v) is 10.5. The van der Waals surface area contributed by atoms with Gasteiger partial charge in [0.05, 0.1) is 16.9 Å². The average Bonchev–Trinajstić information content (AvgIpc) is 3.31. The number of sulfonamides is 1. The lowest BCUT2D eigenvalue weighted by atomic mass is 9.93. The van der Waals surface area contributed by atoms with Crippen molar-refractivity contribution in [1.82, 2.24) is 14.2 Å². The van der Waals surface area contributed by atoms with Crippen LogP contribution in [0.4, 0.5) is 0 Å². The Morgan fingerprint density at radius 2 is 1.86 bits per heavy atom. The molecular weight excluding hydrogens is 382 g/mol. The van der Waals surface area contributed by atoms with E-state index in [1.54, 1.807) is 37.8 Å². The molecule has 0 spiro atoms. The Hall–Kier alpha value is -2.23. The van der Waals surface area contributed by atoms with Crippen molar-refractivity contribution in [1.29, 1.82) is 0 Å². The number of aliphatic hydroxyl groups excluding tert-OH is 1. The number of carbonyl (C=O) groups excluding carboxylic acids is 1. The Morgan fingerprint density at radius 3 is 2.46 bits per heavy atom. The molecule has 0 saturated carbocycles. The summed E-state index contributed by atoms with van der Waals surface area (Å²) in [6.45, 7) is 6.26. The minimum atomic E-state index is -3.67.